The van der Waals surface area contributed by atoms with E-state index in [1.54, 1.807) is 0 Å². The lowest BCUT2D eigenvalue weighted by molar-refractivity contribution is -0.120. The molecule has 0 heterocycles. The van der Waals surface area contributed by atoms with E-state index in [1.165, 1.54) is 5.39 Å². The van der Waals surface area contributed by atoms with Crippen molar-refractivity contribution in [2.45, 2.75) is 12.8 Å². The van der Waals surface area contributed by atoms with Crippen molar-refractivity contribution in [2.24, 2.45) is 0 Å². The Kier molecular flexibility index (Phi) is 4.31. The van der Waals surface area contributed by atoms with Gasteiger partial charge < -0.3 is 10.4 Å². The number of carbonyl (C=O) groups is 1. The van der Waals surface area contributed by atoms with Crippen molar-refractivity contribution in [3.8, 4) is 0 Å². The number of nitrogens with one attached hydrogen (secondary N) is 1. The highest BCUT2D eigenvalue weighted by Crippen LogP contribution is 2.15. The van der Waals surface area contributed by atoms with Gasteiger partial charge in [-0.1, -0.05) is 42.5 Å². The Balaban J connectivity index is 2.01. The summed E-state index contributed by atoms with van der Waals surface area (Å²) in [5.41, 5.74) is 1.01. The smallest absolute Gasteiger partial charge is 0.224 e. The molecule has 0 fully saturated rings. The zero-order valence-electron chi connectivity index (χ0n) is 10.2. The molecule has 0 aliphatic heterocycles. The molecule has 18 heavy (non-hydrogen) atoms. The van der Waals surface area contributed by atoms with E-state index >= 15 is 0 Å². The molecule has 0 saturated carbocycles. The number of amides is 1. The predicted octanol–water partition coefficient (Wildman–Crippen LogP) is 1.88. The van der Waals surface area contributed by atoms with Crippen LogP contribution in [0.15, 0.2) is 42.5 Å². The highest BCUT2D eigenvalue weighted by atomic mass is 16.3. The van der Waals surface area contributed by atoms with Gasteiger partial charge in [-0.15, -0.1) is 0 Å². The molecule has 94 valence electrons. The standard InChI is InChI=1S/C15H17NO2/c17-9-3-8-16-15(18)11-12-6-7-13-4-1-2-5-14(13)10-12/h1-2,4-7,10,17H,3,8-9,11H2,(H,16,18). The minimum Gasteiger partial charge on any atom is -0.396 e. The molecule has 0 aromatic heterocycles. The molecule has 1 amide bonds. The van der Waals surface area contributed by atoms with Crippen LogP contribution in [0.1, 0.15) is 12.0 Å². The van der Waals surface area contributed by atoms with Gasteiger partial charge in [0.05, 0.1) is 6.42 Å². The summed E-state index contributed by atoms with van der Waals surface area (Å²) in [6.07, 6.45) is 0.986. The summed E-state index contributed by atoms with van der Waals surface area (Å²) >= 11 is 0. The number of hydrogen-bond donors (Lipinski definition) is 2. The minimum absolute atomic E-state index is 0.00117. The lowest BCUT2D eigenvalue weighted by Crippen LogP contribution is -2.26. The Hall–Kier alpha value is -1.87. The SMILES string of the molecule is O=C(Cc1ccc2ccccc2c1)NCCCO. The second kappa shape index (κ2) is 6.17. The Morgan fingerprint density at radius 3 is 2.67 bits per heavy atom. The van der Waals surface area contributed by atoms with E-state index in [0.717, 1.165) is 10.9 Å². The van der Waals surface area contributed by atoms with E-state index in [4.69, 9.17) is 5.11 Å². The molecule has 3 nitrogen and oxygen atoms in total. The second-order valence-electron chi connectivity index (χ2n) is 4.29. The topological polar surface area (TPSA) is 49.3 Å². The summed E-state index contributed by atoms with van der Waals surface area (Å²) < 4.78 is 0. The molecule has 0 spiro atoms. The Labute approximate surface area is 106 Å². The third kappa shape index (κ3) is 3.31. The third-order valence-electron chi connectivity index (χ3n) is 2.84. The van der Waals surface area contributed by atoms with Crippen LogP contribution >= 0.6 is 0 Å². The van der Waals surface area contributed by atoms with Crippen LogP contribution in [0.2, 0.25) is 0 Å². The van der Waals surface area contributed by atoms with Crippen LogP contribution in [-0.2, 0) is 11.2 Å². The fraction of sp³-hybridized carbons (Fsp3) is 0.267. The van der Waals surface area contributed by atoms with Crippen LogP contribution in [0, 0.1) is 0 Å². The molecule has 0 aliphatic rings. The van der Waals surface area contributed by atoms with Gasteiger partial charge in [-0.25, -0.2) is 0 Å². The summed E-state index contributed by atoms with van der Waals surface area (Å²) in [5, 5.41) is 13.8. The lowest BCUT2D eigenvalue weighted by Gasteiger charge is -2.05. The maximum Gasteiger partial charge on any atom is 0.224 e. The zero-order chi connectivity index (χ0) is 12.8. The minimum atomic E-state index is -0.00117. The van der Waals surface area contributed by atoms with Gasteiger partial charge in [0.25, 0.3) is 0 Å². The molecule has 2 N–H and O–H groups in total. The quantitative estimate of drug-likeness (QED) is 0.788. The summed E-state index contributed by atoms with van der Waals surface area (Å²) in [5.74, 6) is -0.00117. The average Bonchev–Trinajstić information content (AvgIpc) is 2.39. The fourth-order valence-electron chi connectivity index (χ4n) is 1.90. The van der Waals surface area contributed by atoms with E-state index in [-0.39, 0.29) is 12.5 Å². The summed E-state index contributed by atoms with van der Waals surface area (Å²) in [6.45, 7) is 0.638. The molecular formula is C15H17NO2. The highest BCUT2D eigenvalue weighted by Gasteiger charge is 2.03. The lowest BCUT2D eigenvalue weighted by atomic mass is 10.0. The number of rotatable bonds is 5. The molecule has 0 unspecified atom stereocenters. The normalized spacial score (nSPS) is 10.5. The van der Waals surface area contributed by atoms with Crippen molar-refractivity contribution < 1.29 is 9.90 Å². The van der Waals surface area contributed by atoms with Gasteiger partial charge in [0.15, 0.2) is 0 Å². The van der Waals surface area contributed by atoms with Crippen LogP contribution in [0.4, 0.5) is 0 Å². The van der Waals surface area contributed by atoms with Gasteiger partial charge in [-0.05, 0) is 22.8 Å². The number of hydrogen-bond acceptors (Lipinski definition) is 2. The molecule has 0 saturated heterocycles. The van der Waals surface area contributed by atoms with E-state index in [0.29, 0.717) is 19.4 Å². The summed E-state index contributed by atoms with van der Waals surface area (Å²) in [4.78, 5) is 11.6. The van der Waals surface area contributed by atoms with Gasteiger partial charge in [0, 0.05) is 13.2 Å². The fourth-order valence-corrected chi connectivity index (χ4v) is 1.90. The van der Waals surface area contributed by atoms with Crippen LogP contribution in [0.5, 0.6) is 0 Å². The van der Waals surface area contributed by atoms with Crippen LogP contribution < -0.4 is 5.32 Å². The number of aliphatic hydroxyl groups is 1. The molecule has 2 aromatic carbocycles. The van der Waals surface area contributed by atoms with Crippen LogP contribution in [0.3, 0.4) is 0 Å². The van der Waals surface area contributed by atoms with Crippen molar-refractivity contribution in [2.75, 3.05) is 13.2 Å². The molecule has 0 bridgehead atoms. The van der Waals surface area contributed by atoms with E-state index < -0.39 is 0 Å². The molecule has 0 aliphatic carbocycles. The van der Waals surface area contributed by atoms with Gasteiger partial charge in [0.1, 0.15) is 0 Å². The van der Waals surface area contributed by atoms with Crippen molar-refractivity contribution in [3.63, 3.8) is 0 Å². The van der Waals surface area contributed by atoms with E-state index in [9.17, 15) is 4.79 Å². The van der Waals surface area contributed by atoms with Crippen LogP contribution in [0.25, 0.3) is 10.8 Å². The number of benzene rings is 2. The molecule has 0 atom stereocenters. The maximum absolute atomic E-state index is 11.6. The van der Waals surface area contributed by atoms with Gasteiger partial charge in [-0.2, -0.15) is 0 Å². The maximum atomic E-state index is 11.6. The second-order valence-corrected chi connectivity index (χ2v) is 4.29. The van der Waals surface area contributed by atoms with Crippen molar-refractivity contribution in [3.05, 3.63) is 48.0 Å². The van der Waals surface area contributed by atoms with Crippen molar-refractivity contribution >= 4 is 16.7 Å². The average molecular weight is 243 g/mol. The first kappa shape index (κ1) is 12.6. The van der Waals surface area contributed by atoms with Gasteiger partial charge >= 0.3 is 0 Å². The Morgan fingerprint density at radius 1 is 1.11 bits per heavy atom. The highest BCUT2D eigenvalue weighted by molar-refractivity contribution is 5.85. The first-order valence-corrected chi connectivity index (χ1v) is 6.15. The third-order valence-corrected chi connectivity index (χ3v) is 2.84. The molecule has 3 heteroatoms. The first-order chi connectivity index (χ1) is 8.79. The number of carbonyl (C=O) groups excluding carboxylic acids is 1. The largest absolute Gasteiger partial charge is 0.396 e. The molecule has 0 radical (unpaired) electrons. The van der Waals surface area contributed by atoms with Gasteiger partial charge in [-0.3, -0.25) is 4.79 Å². The first-order valence-electron chi connectivity index (χ1n) is 6.15. The van der Waals surface area contributed by atoms with Crippen molar-refractivity contribution in [1.82, 2.24) is 5.32 Å². The summed E-state index contributed by atoms with van der Waals surface area (Å²) in [6, 6.07) is 14.2. The number of fused-ring (bicyclic) bond motifs is 1. The van der Waals surface area contributed by atoms with E-state index in [1.807, 2.05) is 36.4 Å². The van der Waals surface area contributed by atoms with Crippen LogP contribution in [-0.4, -0.2) is 24.2 Å². The molecule has 2 rings (SSSR count). The Bertz CT molecular complexity index is 537. The van der Waals surface area contributed by atoms with Crippen molar-refractivity contribution in [1.29, 1.82) is 0 Å². The molecule has 2 aromatic rings. The van der Waals surface area contributed by atoms with Gasteiger partial charge in [0.2, 0.25) is 5.91 Å². The zero-order valence-corrected chi connectivity index (χ0v) is 10.2. The Morgan fingerprint density at radius 2 is 1.89 bits per heavy atom. The predicted molar refractivity (Wildman–Crippen MR) is 72.4 cm³/mol. The molecular weight excluding hydrogens is 226 g/mol. The monoisotopic (exact) mass is 243 g/mol. The summed E-state index contributed by atoms with van der Waals surface area (Å²) in [7, 11) is 0. The van der Waals surface area contributed by atoms with E-state index in [2.05, 4.69) is 11.4 Å². The number of aliphatic hydroxyl groups excluding tert-OH is 1.